The van der Waals surface area contributed by atoms with Crippen LogP contribution in [0.4, 0.5) is 0 Å². The predicted octanol–water partition coefficient (Wildman–Crippen LogP) is 21.7. The van der Waals surface area contributed by atoms with Crippen LogP contribution in [-0.4, -0.2) is 82.3 Å². The number of hydrogen-bond donors (Lipinski definition) is 0. The minimum atomic E-state index is -1.64. The van der Waals surface area contributed by atoms with Gasteiger partial charge in [-0.2, -0.15) is 0 Å². The van der Waals surface area contributed by atoms with Crippen LogP contribution in [-0.2, 0) is 33.3 Å². The topological polar surface area (TPSA) is 111 Å². The van der Waals surface area contributed by atoms with Gasteiger partial charge in [-0.3, -0.25) is 9.59 Å². The van der Waals surface area contributed by atoms with E-state index >= 15 is 0 Å². The predicted molar refractivity (Wildman–Crippen MR) is 384 cm³/mol. The Morgan fingerprint density at radius 1 is 0.344 bits per heavy atom. The van der Waals surface area contributed by atoms with Crippen molar-refractivity contribution >= 4 is 17.9 Å². The van der Waals surface area contributed by atoms with Crippen molar-refractivity contribution in [1.29, 1.82) is 0 Å². The Kier molecular flexibility index (Phi) is 66.3. The van der Waals surface area contributed by atoms with Crippen LogP contribution < -0.4 is 5.11 Å². The van der Waals surface area contributed by atoms with E-state index in [9.17, 15) is 19.5 Å². The lowest BCUT2D eigenvalue weighted by molar-refractivity contribution is -0.870. The quantitative estimate of drug-likeness (QED) is 0.0195. The van der Waals surface area contributed by atoms with Crippen LogP contribution in [0, 0.1) is 0 Å². The second-order valence-corrected chi connectivity index (χ2v) is 25.2. The summed E-state index contributed by atoms with van der Waals surface area (Å²) < 4.78 is 22.8. The molecule has 2 atom stereocenters. The van der Waals surface area contributed by atoms with E-state index in [2.05, 4.69) is 160 Å². The van der Waals surface area contributed by atoms with Gasteiger partial charge < -0.3 is 33.3 Å². The second-order valence-electron chi connectivity index (χ2n) is 25.2. The van der Waals surface area contributed by atoms with Crippen molar-refractivity contribution in [3.63, 3.8) is 0 Å². The smallest absolute Gasteiger partial charge is 0.306 e. The lowest BCUT2D eigenvalue weighted by Crippen LogP contribution is -2.44. The first-order valence-corrected chi connectivity index (χ1v) is 36.5. The highest BCUT2D eigenvalue weighted by Crippen LogP contribution is 2.17. The molecule has 0 aromatic heterocycles. The Morgan fingerprint density at radius 2 is 0.633 bits per heavy atom. The highest BCUT2D eigenvalue weighted by molar-refractivity contribution is 5.70. The van der Waals surface area contributed by atoms with Crippen LogP contribution in [0.3, 0.4) is 0 Å². The number of carboxylic acids is 1. The normalized spacial score (nSPS) is 13.6. The number of likely N-dealkylation sites (N-methyl/N-ethyl adjacent to an activating group) is 1. The van der Waals surface area contributed by atoms with E-state index in [-0.39, 0.29) is 38.6 Å². The third-order valence-electron chi connectivity index (χ3n) is 15.4. The molecule has 0 saturated carbocycles. The number of carboxylic acid groups (broad SMARTS) is 1. The molecule has 0 fully saturated rings. The maximum atomic E-state index is 12.9. The molecule has 512 valence electrons. The fourth-order valence-electron chi connectivity index (χ4n) is 9.81. The van der Waals surface area contributed by atoms with E-state index in [1.54, 1.807) is 0 Å². The molecule has 0 aromatic rings. The van der Waals surface area contributed by atoms with Gasteiger partial charge in [0.05, 0.1) is 40.3 Å². The zero-order chi connectivity index (χ0) is 65.4. The minimum absolute atomic E-state index is 0.137. The number of quaternary nitrogens is 1. The molecule has 0 rings (SSSR count). The van der Waals surface area contributed by atoms with Gasteiger partial charge in [-0.1, -0.05) is 320 Å². The lowest BCUT2D eigenvalue weighted by atomic mass is 10.0. The molecule has 0 saturated heterocycles. The molecule has 2 unspecified atom stereocenters. The summed E-state index contributed by atoms with van der Waals surface area (Å²) in [5.74, 6) is -2.32. The molecule has 0 spiro atoms. The Hall–Kier alpha value is -4.83. The highest BCUT2D eigenvalue weighted by atomic mass is 16.7. The van der Waals surface area contributed by atoms with E-state index < -0.39 is 24.3 Å². The number of ether oxygens (including phenoxy) is 4. The monoisotopic (exact) mass is 1250 g/mol. The molecular formula is C81H135NO8. The first kappa shape index (κ1) is 85.2. The van der Waals surface area contributed by atoms with Crippen LogP contribution in [0.1, 0.15) is 290 Å². The molecule has 0 bridgehead atoms. The highest BCUT2D eigenvalue weighted by Gasteiger charge is 2.22. The van der Waals surface area contributed by atoms with Gasteiger partial charge in [-0.15, -0.1) is 0 Å². The number of unbranched alkanes of at least 4 members (excludes halogenated alkanes) is 27. The molecule has 9 heteroatoms. The Bertz CT molecular complexity index is 1990. The minimum Gasteiger partial charge on any atom is -0.545 e. The summed E-state index contributed by atoms with van der Waals surface area (Å²) in [4.78, 5) is 37.5. The summed E-state index contributed by atoms with van der Waals surface area (Å²) in [6.45, 7) is 4.62. The summed E-state index contributed by atoms with van der Waals surface area (Å²) >= 11 is 0. The molecule has 0 aliphatic heterocycles. The SMILES string of the molecule is CC/C=C\C/C=C\C/C=C\C/C=C\C/C=C\C/C=C\C/C=C\C/C=C\C/C=C\C/C=C\C/C=C\C/C=C\CCCCCCC(=O)OC(COC(=O)CCCCCCCCCCCCCCCCCCCCCCCCCC)COC(OCC[N+](C)(C)C)C(=O)[O-]. The number of hydrogen-bond acceptors (Lipinski definition) is 8. The van der Waals surface area contributed by atoms with Crippen LogP contribution >= 0.6 is 0 Å². The summed E-state index contributed by atoms with van der Waals surface area (Å²) in [6.07, 6.45) is 99.4. The van der Waals surface area contributed by atoms with Gasteiger partial charge >= 0.3 is 11.9 Å². The Labute approximate surface area is 553 Å². The lowest BCUT2D eigenvalue weighted by Gasteiger charge is -2.26. The summed E-state index contributed by atoms with van der Waals surface area (Å²) in [6, 6.07) is 0. The average Bonchev–Trinajstić information content (AvgIpc) is 3.73. The maximum Gasteiger partial charge on any atom is 0.306 e. The van der Waals surface area contributed by atoms with Crippen molar-refractivity contribution in [3.05, 3.63) is 146 Å². The number of carbonyl (C=O) groups excluding carboxylic acids is 3. The molecule has 9 nitrogen and oxygen atoms in total. The standard InChI is InChI=1S/C81H135NO8/c1-6-8-10-12-14-16-18-20-22-24-26-28-30-32-33-34-35-36-37-38-39-40-41-42-43-44-45-46-47-48-50-52-54-56-58-60-62-64-66-68-70-72-79(84)90-77(76-89-81(80(85)86)87-74-73-82(3,4)5)75-88-78(83)71-69-67-65-63-61-59-57-55-53-51-49-31-29-27-25-23-21-19-17-15-13-11-9-7-2/h8,10,14,16,20,22,26,28,32-33,35-36,38-39,41-42,44-45,47-48,52,54,58,60,77,81H,6-7,9,11-13,15,17-19,21,23-25,27,29-31,34,37,40,43,46,49-51,53,55-57,59,61-76H2,1-5H3/b10-8-,16-14-,22-20-,28-26-,33-32-,36-35-,39-38-,42-41-,45-44-,48-47-,54-52-,60-58-. The third kappa shape index (κ3) is 70.6. The van der Waals surface area contributed by atoms with Crippen LogP contribution in [0.5, 0.6) is 0 Å². The number of aliphatic carboxylic acids is 1. The van der Waals surface area contributed by atoms with E-state index in [0.717, 1.165) is 122 Å². The average molecular weight is 1250 g/mol. The molecule has 0 heterocycles. The van der Waals surface area contributed by atoms with E-state index in [1.165, 1.54) is 135 Å². The fourth-order valence-corrected chi connectivity index (χ4v) is 9.81. The van der Waals surface area contributed by atoms with Crippen LogP contribution in [0.2, 0.25) is 0 Å². The molecular weight excluding hydrogens is 1110 g/mol. The van der Waals surface area contributed by atoms with Crippen LogP contribution in [0.15, 0.2) is 146 Å². The summed E-state index contributed by atoms with van der Waals surface area (Å²) in [5, 5.41) is 11.8. The number of allylic oxidation sites excluding steroid dienone is 24. The van der Waals surface area contributed by atoms with Crippen molar-refractivity contribution in [2.45, 2.75) is 302 Å². The number of rotatable bonds is 66. The molecule has 0 aliphatic carbocycles. The molecule has 90 heavy (non-hydrogen) atoms. The first-order chi connectivity index (χ1) is 44.1. The molecule has 0 aliphatic rings. The van der Waals surface area contributed by atoms with Crippen molar-refractivity contribution in [1.82, 2.24) is 0 Å². The fraction of sp³-hybridized carbons (Fsp3) is 0.667. The summed E-state index contributed by atoms with van der Waals surface area (Å²) in [7, 11) is 5.92. The van der Waals surface area contributed by atoms with Crippen molar-refractivity contribution in [2.75, 3.05) is 47.5 Å². The Balaban J connectivity index is 4.21. The molecule has 0 aromatic carbocycles. The molecule has 0 N–H and O–H groups in total. The number of carbonyl (C=O) groups is 3. The van der Waals surface area contributed by atoms with Gasteiger partial charge in [0.15, 0.2) is 12.4 Å². The largest absolute Gasteiger partial charge is 0.545 e. The van der Waals surface area contributed by atoms with Gasteiger partial charge in [0, 0.05) is 12.8 Å². The van der Waals surface area contributed by atoms with Gasteiger partial charge in [-0.25, -0.2) is 0 Å². The van der Waals surface area contributed by atoms with Crippen molar-refractivity contribution < 1.29 is 42.9 Å². The summed E-state index contributed by atoms with van der Waals surface area (Å²) in [5.41, 5.74) is 0. The van der Waals surface area contributed by atoms with Crippen molar-refractivity contribution in [3.8, 4) is 0 Å². The zero-order valence-corrected chi connectivity index (χ0v) is 58.5. The zero-order valence-electron chi connectivity index (χ0n) is 58.5. The van der Waals surface area contributed by atoms with Gasteiger partial charge in [0.25, 0.3) is 0 Å². The van der Waals surface area contributed by atoms with Gasteiger partial charge in [-0.05, 0) is 103 Å². The van der Waals surface area contributed by atoms with E-state index in [1.807, 2.05) is 21.1 Å². The van der Waals surface area contributed by atoms with Crippen molar-refractivity contribution in [2.24, 2.45) is 0 Å². The Morgan fingerprint density at radius 3 is 0.944 bits per heavy atom. The van der Waals surface area contributed by atoms with Gasteiger partial charge in [0.1, 0.15) is 13.2 Å². The maximum absolute atomic E-state index is 12.9. The second kappa shape index (κ2) is 70.0. The van der Waals surface area contributed by atoms with Gasteiger partial charge in [0.2, 0.25) is 0 Å². The number of esters is 2. The first-order valence-electron chi connectivity index (χ1n) is 36.5. The van der Waals surface area contributed by atoms with E-state index in [0.29, 0.717) is 17.4 Å². The van der Waals surface area contributed by atoms with E-state index in [4.69, 9.17) is 18.9 Å². The molecule has 0 radical (unpaired) electrons. The number of nitrogens with zero attached hydrogens (tertiary/aromatic N) is 1. The third-order valence-corrected chi connectivity index (χ3v) is 15.4. The molecule has 0 amide bonds. The van der Waals surface area contributed by atoms with Crippen LogP contribution in [0.25, 0.3) is 0 Å².